The molecule has 3 aromatic rings. The van der Waals surface area contributed by atoms with Crippen LogP contribution < -0.4 is 150 Å². The van der Waals surface area contributed by atoms with Gasteiger partial charge in [0.05, 0.1) is 67.2 Å². The molecule has 64 heavy (non-hydrogen) atoms. The number of azo groups is 1. The van der Waals surface area contributed by atoms with Crippen LogP contribution >= 0.6 is 0 Å². The van der Waals surface area contributed by atoms with Crippen LogP contribution in [0.3, 0.4) is 0 Å². The molecular formula is C36H21N9Na4O13S2. The number of nitrogens with one attached hydrogen (secondary N) is 3. The van der Waals surface area contributed by atoms with Crippen LogP contribution in [-0.4, -0.2) is 72.4 Å². The van der Waals surface area contributed by atoms with Crippen molar-refractivity contribution in [2.75, 3.05) is 22.0 Å². The number of carbonyl (C=O) groups excluding carboxylic acids is 5. The topological polar surface area (TPSA) is 370 Å². The number of nitrogen functional groups attached to an aromatic ring is 1. The molecule has 28 heteroatoms. The fourth-order valence-electron chi connectivity index (χ4n) is 5.29. The number of hydrazone groups is 3. The third-order valence-corrected chi connectivity index (χ3v) is 9.84. The summed E-state index contributed by atoms with van der Waals surface area (Å²) in [6, 6.07) is 11.8. The van der Waals surface area contributed by atoms with Crippen molar-refractivity contribution < 1.29 is 178 Å². The zero-order valence-electron chi connectivity index (χ0n) is 33.7. The van der Waals surface area contributed by atoms with Gasteiger partial charge in [-0.25, -0.2) is 16.8 Å². The molecule has 3 aliphatic rings. The van der Waals surface area contributed by atoms with Crippen LogP contribution in [0.1, 0.15) is 15.9 Å². The van der Waals surface area contributed by atoms with Crippen LogP contribution in [0.2, 0.25) is 0 Å². The molecule has 0 amide bonds. The van der Waals surface area contributed by atoms with Crippen LogP contribution in [0.15, 0.2) is 138 Å². The molecule has 3 aromatic carbocycles. The van der Waals surface area contributed by atoms with E-state index in [1.54, 1.807) is 0 Å². The molecule has 5 N–H and O–H groups in total. The number of hydrogen-bond acceptors (Lipinski definition) is 22. The van der Waals surface area contributed by atoms with Gasteiger partial charge in [-0.05, 0) is 103 Å². The molecule has 0 aromatic heterocycles. The zero-order chi connectivity index (χ0) is 43.5. The maximum Gasteiger partial charge on any atom is 1.00 e. The summed E-state index contributed by atoms with van der Waals surface area (Å²) >= 11 is 0. The Morgan fingerprint density at radius 3 is 1.45 bits per heavy atom. The van der Waals surface area contributed by atoms with E-state index in [0.29, 0.717) is 23.5 Å². The van der Waals surface area contributed by atoms with E-state index >= 15 is 0 Å². The van der Waals surface area contributed by atoms with Crippen molar-refractivity contribution >= 4 is 107 Å². The normalized spacial score (nSPS) is 16.3. The number of allylic oxidation sites excluding steroid dienone is 7. The summed E-state index contributed by atoms with van der Waals surface area (Å²) in [5, 5.41) is 41.7. The van der Waals surface area contributed by atoms with E-state index in [2.05, 4.69) is 41.8 Å². The van der Waals surface area contributed by atoms with Gasteiger partial charge in [0.1, 0.15) is 31.6 Å². The minimum absolute atomic E-state index is 0. The van der Waals surface area contributed by atoms with Crippen molar-refractivity contribution in [2.24, 2.45) is 25.5 Å². The largest absolute Gasteiger partial charge is 1.00 e. The Hall–Kier alpha value is -4.06. The molecule has 0 heterocycles. The molecule has 0 aliphatic heterocycles. The van der Waals surface area contributed by atoms with Crippen molar-refractivity contribution in [3.05, 3.63) is 118 Å². The molecule has 0 radical (unpaired) electrons. The Bertz CT molecular complexity index is 2970. The van der Waals surface area contributed by atoms with Crippen LogP contribution in [0.25, 0.3) is 6.08 Å². The Morgan fingerprint density at radius 2 is 1.03 bits per heavy atom. The van der Waals surface area contributed by atoms with Gasteiger partial charge in [0.2, 0.25) is 5.78 Å². The fraction of sp³-hybridized carbons (Fsp3) is 0. The van der Waals surface area contributed by atoms with Gasteiger partial charge in [-0.1, -0.05) is 0 Å². The van der Waals surface area contributed by atoms with Gasteiger partial charge in [0, 0.05) is 11.1 Å². The molecule has 0 unspecified atom stereocenters. The van der Waals surface area contributed by atoms with Crippen molar-refractivity contribution in [1.82, 2.24) is 0 Å². The minimum Gasteiger partial charge on any atom is -0.744 e. The smallest absolute Gasteiger partial charge is 0.744 e. The first kappa shape index (κ1) is 56.1. The summed E-state index contributed by atoms with van der Waals surface area (Å²) in [5.41, 5.74) is 10.1. The summed E-state index contributed by atoms with van der Waals surface area (Å²) in [7, 11) is -10.9. The summed E-state index contributed by atoms with van der Waals surface area (Å²) in [6.07, 6.45) is 7.15. The number of carbonyl (C=O) groups is 5. The summed E-state index contributed by atoms with van der Waals surface area (Å²) in [5.74, 6) is -6.17. The van der Waals surface area contributed by atoms with E-state index in [4.69, 9.17) is 5.73 Å². The van der Waals surface area contributed by atoms with E-state index in [1.807, 2.05) is 0 Å². The van der Waals surface area contributed by atoms with Crippen molar-refractivity contribution in [1.29, 1.82) is 0 Å². The number of aliphatic carboxylic acids is 2. The van der Waals surface area contributed by atoms with Gasteiger partial charge in [0.25, 0.3) is 0 Å². The second-order valence-corrected chi connectivity index (χ2v) is 14.8. The SMILES string of the molecule is Nc1c(N=Nc2ccc(N/N=C3\C=CC(=O)C(C(=O)[O-])=C3)cc2)c(S(=O)(=O)[O-])cc2c1C(=O)/C(=N/Nc1ccc(N/N=C3/C=CC(=O)C(C(=O)[O-])=C3)cc1)C(S(=O)(=O)[O-])=C2.[Na+].[Na+].[Na+].[Na+]. The quantitative estimate of drug-likeness (QED) is 0.0249. The summed E-state index contributed by atoms with van der Waals surface area (Å²) < 4.78 is 73.9. The van der Waals surface area contributed by atoms with E-state index in [1.165, 1.54) is 60.7 Å². The Balaban J connectivity index is 0.00000352. The van der Waals surface area contributed by atoms with E-state index in [-0.39, 0.29) is 141 Å². The summed E-state index contributed by atoms with van der Waals surface area (Å²) in [6.45, 7) is 0. The molecule has 0 bridgehead atoms. The van der Waals surface area contributed by atoms with Crippen LogP contribution in [0.5, 0.6) is 0 Å². The van der Waals surface area contributed by atoms with Crippen LogP contribution in [-0.2, 0) is 39.4 Å². The van der Waals surface area contributed by atoms with Gasteiger partial charge >= 0.3 is 118 Å². The third kappa shape index (κ3) is 13.5. The Kier molecular flexibility index (Phi) is 20.5. The Morgan fingerprint density at radius 1 is 0.594 bits per heavy atom. The number of carboxylic acids is 2. The zero-order valence-corrected chi connectivity index (χ0v) is 43.3. The second kappa shape index (κ2) is 23.4. The number of benzene rings is 3. The number of carboxylic acid groups (broad SMARTS) is 2. The van der Waals surface area contributed by atoms with Crippen molar-refractivity contribution in [3.8, 4) is 0 Å². The summed E-state index contributed by atoms with van der Waals surface area (Å²) in [4.78, 5) is 57.0. The fourth-order valence-corrected chi connectivity index (χ4v) is 6.59. The molecule has 0 saturated heterocycles. The average Bonchev–Trinajstić information content (AvgIpc) is 3.19. The van der Waals surface area contributed by atoms with Crippen LogP contribution in [0.4, 0.5) is 34.1 Å². The van der Waals surface area contributed by atoms with E-state index in [0.717, 1.165) is 24.3 Å². The standard InChI is InChI=1S/C36H25N9O13S2.4Na/c37-31-30-17(13-28(59(53,54)55)32(31)44-40-20-5-1-18(2-6-20)38-42-22-9-11-26(46)24(15-22)35(49)50)14-29(60(56,57)58)33(34(30)48)45-41-21-7-3-19(4-8-21)39-43-23-10-12-27(47)25(16-23)36(51)52;;;;/h1-16,38-39,41H,37H2,(H,49,50)(H,51,52)(H,53,54,55)(H,56,57,58);;;;/q;4*+1/p-4/b42-22+,43-23-,44-40?,45-33+;;;;. The molecule has 6 rings (SSSR count). The van der Waals surface area contributed by atoms with E-state index < -0.39 is 98.7 Å². The first-order chi connectivity index (χ1) is 28.3. The van der Waals surface area contributed by atoms with Gasteiger partial charge in [-0.15, -0.1) is 5.11 Å². The number of nitrogens with two attached hydrogens (primary N) is 1. The number of hydrogen-bond donors (Lipinski definition) is 4. The number of anilines is 4. The predicted molar refractivity (Wildman–Crippen MR) is 206 cm³/mol. The maximum absolute atomic E-state index is 13.8. The second-order valence-electron chi connectivity index (χ2n) is 12.1. The van der Waals surface area contributed by atoms with Crippen molar-refractivity contribution in [2.45, 2.75) is 4.90 Å². The molecule has 22 nitrogen and oxygen atoms in total. The molecule has 304 valence electrons. The molecular weight excluding hydrogens is 923 g/mol. The molecule has 0 saturated carbocycles. The maximum atomic E-state index is 13.8. The first-order valence-electron chi connectivity index (χ1n) is 16.4. The predicted octanol–water partition coefficient (Wildman–Crippen LogP) is -11.7. The van der Waals surface area contributed by atoms with Gasteiger partial charge < -0.3 is 34.6 Å². The molecule has 0 fully saturated rings. The van der Waals surface area contributed by atoms with E-state index in [9.17, 15) is 60.1 Å². The Labute approximate surface area is 450 Å². The number of ketones is 3. The monoisotopic (exact) mass is 943 g/mol. The third-order valence-electron chi connectivity index (χ3n) is 8.14. The first-order valence-corrected chi connectivity index (χ1v) is 19.2. The van der Waals surface area contributed by atoms with Crippen molar-refractivity contribution in [3.63, 3.8) is 0 Å². The van der Waals surface area contributed by atoms with Gasteiger partial charge in [-0.2, -0.15) is 20.4 Å². The number of Topliss-reactive ketones (excluding diaryl/α,β-unsaturated/α-hetero) is 1. The number of rotatable bonds is 12. The van der Waals surface area contributed by atoms with Gasteiger partial charge in [0.15, 0.2) is 11.6 Å². The van der Waals surface area contributed by atoms with Gasteiger partial charge in [-0.3, -0.25) is 30.7 Å². The molecule has 0 atom stereocenters. The molecule has 3 aliphatic carbocycles. The minimum atomic E-state index is -5.48. The number of fused-ring (bicyclic) bond motifs is 1. The molecule has 0 spiro atoms. The van der Waals surface area contributed by atoms with Crippen LogP contribution in [0, 0.1) is 0 Å². The number of nitrogens with zero attached hydrogens (tertiary/aromatic N) is 5. The average molecular weight is 944 g/mol.